The minimum absolute atomic E-state index is 0.0158. The molecule has 0 radical (unpaired) electrons. The molecule has 0 fully saturated rings. The van der Waals surface area contributed by atoms with Gasteiger partial charge in [-0.3, -0.25) is 0 Å². The molecular formula is C34H53N3O6. The van der Waals surface area contributed by atoms with Gasteiger partial charge < -0.3 is 45.2 Å². The number of aliphatic hydroxyl groups is 3. The van der Waals surface area contributed by atoms with Gasteiger partial charge in [0.1, 0.15) is 18.1 Å². The van der Waals surface area contributed by atoms with E-state index in [0.717, 1.165) is 72.6 Å². The lowest BCUT2D eigenvalue weighted by Crippen LogP contribution is -2.38. The molecule has 0 saturated carbocycles. The molecule has 1 aromatic carbocycles. The van der Waals surface area contributed by atoms with E-state index in [9.17, 15) is 20.4 Å². The largest absolute Gasteiger partial charge is 0.504 e. The molecule has 0 aliphatic rings. The lowest BCUT2D eigenvalue weighted by Gasteiger charge is -2.25. The zero-order valence-corrected chi connectivity index (χ0v) is 26.4. The molecule has 3 aromatic rings. The number of H-pyrrole nitrogens is 1. The zero-order chi connectivity index (χ0) is 31.2. The van der Waals surface area contributed by atoms with Gasteiger partial charge in [-0.1, -0.05) is 33.3 Å². The molecule has 4 atom stereocenters. The lowest BCUT2D eigenvalue weighted by molar-refractivity contribution is 0.180. The first kappa shape index (κ1) is 34.7. The van der Waals surface area contributed by atoms with E-state index in [2.05, 4.69) is 35.5 Å². The smallest absolute Gasteiger partial charge is 0.161 e. The van der Waals surface area contributed by atoms with Crippen LogP contribution in [0.2, 0.25) is 0 Å². The molecule has 0 unspecified atom stereocenters. The molecule has 9 nitrogen and oxygen atoms in total. The molecule has 0 aliphatic carbocycles. The number of hydrogen-bond donors (Lipinski definition) is 7. The van der Waals surface area contributed by atoms with Crippen LogP contribution in [0.1, 0.15) is 99.2 Å². The normalized spacial score (nSPS) is 14.5. The van der Waals surface area contributed by atoms with Gasteiger partial charge in [-0.2, -0.15) is 0 Å². The minimum atomic E-state index is -0.441. The van der Waals surface area contributed by atoms with Crippen molar-refractivity contribution in [3.63, 3.8) is 0 Å². The Balaban J connectivity index is 1.65. The number of phenolic OH excluding ortho intramolecular Hbond substituents is 1. The average Bonchev–Trinajstić information content (AvgIpc) is 3.65. The maximum Gasteiger partial charge on any atom is 0.161 e. The van der Waals surface area contributed by atoms with Gasteiger partial charge in [-0.25, -0.2) is 0 Å². The monoisotopic (exact) mass is 599 g/mol. The Hall–Kier alpha value is -2.82. The first-order chi connectivity index (χ1) is 20.8. The first-order valence-corrected chi connectivity index (χ1v) is 15.9. The third kappa shape index (κ3) is 10.7. The van der Waals surface area contributed by atoms with Crippen molar-refractivity contribution in [3.8, 4) is 11.5 Å². The molecule has 2 heterocycles. The third-order valence-corrected chi connectivity index (χ3v) is 8.00. The fourth-order valence-corrected chi connectivity index (χ4v) is 5.40. The number of aliphatic hydroxyl groups excluding tert-OH is 3. The maximum atomic E-state index is 10.5. The Labute approximate surface area is 256 Å². The molecule has 0 aliphatic heterocycles. The van der Waals surface area contributed by atoms with E-state index in [1.54, 1.807) is 13.0 Å². The predicted molar refractivity (Wildman–Crippen MR) is 170 cm³/mol. The molecule has 0 saturated heterocycles. The molecule has 3 rings (SSSR count). The average molecular weight is 600 g/mol. The predicted octanol–water partition coefficient (Wildman–Crippen LogP) is 4.88. The van der Waals surface area contributed by atoms with Crippen LogP contribution in [0.5, 0.6) is 11.5 Å². The standard InChI is InChI=1S/C34H53N3O6/c1-5-7-10-33-27(21-39)17-28(43-33)13-11-25-12-14-32(41)34(16-25)42-22-31(35-6-2)30-18-26(20-37-30)24(4)29(9-8-15-38)36-19-23(3)40/h12,14,16-18,20,23-24,29,31,35-41H,5-11,13,15,19,21-22H2,1-4H3/t23-,24-,29-,31-/m0/s1. The van der Waals surface area contributed by atoms with Crippen LogP contribution in [0.4, 0.5) is 0 Å². The molecule has 9 heteroatoms. The van der Waals surface area contributed by atoms with Gasteiger partial charge in [-0.15, -0.1) is 0 Å². The number of aromatic hydroxyl groups is 1. The summed E-state index contributed by atoms with van der Waals surface area (Å²) in [5.41, 5.74) is 4.03. The molecule has 2 aromatic heterocycles. The number of nitrogens with one attached hydrogen (secondary N) is 3. The molecular weight excluding hydrogens is 546 g/mol. The Morgan fingerprint density at radius 3 is 2.51 bits per heavy atom. The summed E-state index contributed by atoms with van der Waals surface area (Å²) in [6.07, 6.45) is 7.43. The quantitative estimate of drug-likeness (QED) is 0.0919. The summed E-state index contributed by atoms with van der Waals surface area (Å²) < 4.78 is 12.2. The van der Waals surface area contributed by atoms with Gasteiger partial charge in [0.25, 0.3) is 0 Å². The molecule has 0 spiro atoms. The Morgan fingerprint density at radius 1 is 1.00 bits per heavy atom. The van der Waals surface area contributed by atoms with Gasteiger partial charge in [-0.05, 0) is 80.5 Å². The van der Waals surface area contributed by atoms with E-state index in [-0.39, 0.29) is 37.0 Å². The second-order valence-corrected chi connectivity index (χ2v) is 11.6. The zero-order valence-electron chi connectivity index (χ0n) is 26.4. The summed E-state index contributed by atoms with van der Waals surface area (Å²) in [6, 6.07) is 9.56. The second-order valence-electron chi connectivity index (χ2n) is 11.6. The summed E-state index contributed by atoms with van der Waals surface area (Å²) in [4.78, 5) is 3.41. The summed E-state index contributed by atoms with van der Waals surface area (Å²) in [5.74, 6) is 2.44. The highest BCUT2D eigenvalue weighted by atomic mass is 16.5. The first-order valence-electron chi connectivity index (χ1n) is 15.9. The van der Waals surface area contributed by atoms with Gasteiger partial charge >= 0.3 is 0 Å². The van der Waals surface area contributed by atoms with Crippen LogP contribution in [-0.4, -0.2) is 63.9 Å². The summed E-state index contributed by atoms with van der Waals surface area (Å²) >= 11 is 0. The molecule has 0 amide bonds. The number of phenols is 1. The van der Waals surface area contributed by atoms with E-state index >= 15 is 0 Å². The molecule has 7 N–H and O–H groups in total. The SMILES string of the molecule is CCCCc1oc(CCc2ccc(O)c(OC[C@H](NCC)c3cc([C@H](C)[C@H](CCCO)NC[C@H](C)O)c[nH]3)c2)cc1CO. The highest BCUT2D eigenvalue weighted by Crippen LogP contribution is 2.30. The second kappa shape index (κ2) is 18.1. The van der Waals surface area contributed by atoms with Gasteiger partial charge in [0, 0.05) is 49.5 Å². The number of ether oxygens (including phenoxy) is 1. The van der Waals surface area contributed by atoms with Crippen molar-refractivity contribution < 1.29 is 29.6 Å². The van der Waals surface area contributed by atoms with Crippen molar-refractivity contribution in [2.75, 3.05) is 26.3 Å². The molecule has 0 bridgehead atoms. The number of furan rings is 1. The van der Waals surface area contributed by atoms with Gasteiger partial charge in [0.05, 0.1) is 18.8 Å². The van der Waals surface area contributed by atoms with Crippen LogP contribution in [-0.2, 0) is 25.9 Å². The van der Waals surface area contributed by atoms with Crippen LogP contribution in [0.15, 0.2) is 40.9 Å². The van der Waals surface area contributed by atoms with Crippen LogP contribution in [0, 0.1) is 0 Å². The van der Waals surface area contributed by atoms with Gasteiger partial charge in [0.15, 0.2) is 11.5 Å². The van der Waals surface area contributed by atoms with Crippen molar-refractivity contribution in [1.82, 2.24) is 15.6 Å². The topological polar surface area (TPSA) is 143 Å². The van der Waals surface area contributed by atoms with E-state index in [0.29, 0.717) is 31.7 Å². The van der Waals surface area contributed by atoms with Crippen LogP contribution in [0.25, 0.3) is 0 Å². The molecule has 240 valence electrons. The Bertz CT molecular complexity index is 1210. The maximum absolute atomic E-state index is 10.5. The minimum Gasteiger partial charge on any atom is -0.504 e. The number of aryl methyl sites for hydroxylation is 3. The fourth-order valence-electron chi connectivity index (χ4n) is 5.40. The number of hydrogen-bond acceptors (Lipinski definition) is 8. The Morgan fingerprint density at radius 2 is 1.81 bits per heavy atom. The number of rotatable bonds is 21. The van der Waals surface area contributed by atoms with Crippen molar-refractivity contribution in [2.45, 2.75) is 103 Å². The van der Waals surface area contributed by atoms with Crippen LogP contribution >= 0.6 is 0 Å². The van der Waals surface area contributed by atoms with Crippen molar-refractivity contribution in [2.24, 2.45) is 0 Å². The number of aromatic amines is 1. The van der Waals surface area contributed by atoms with Crippen molar-refractivity contribution in [1.29, 1.82) is 0 Å². The number of benzene rings is 1. The van der Waals surface area contributed by atoms with E-state index in [4.69, 9.17) is 9.15 Å². The fraction of sp³-hybridized carbons (Fsp3) is 0.588. The highest BCUT2D eigenvalue weighted by Gasteiger charge is 2.22. The van der Waals surface area contributed by atoms with Gasteiger partial charge in [0.2, 0.25) is 0 Å². The summed E-state index contributed by atoms with van der Waals surface area (Å²) in [5, 5.41) is 46.3. The van der Waals surface area contributed by atoms with Crippen molar-refractivity contribution in [3.05, 3.63) is 70.4 Å². The van der Waals surface area contributed by atoms with E-state index < -0.39 is 6.10 Å². The lowest BCUT2D eigenvalue weighted by atomic mass is 9.91. The highest BCUT2D eigenvalue weighted by molar-refractivity contribution is 5.42. The third-order valence-electron chi connectivity index (χ3n) is 8.00. The summed E-state index contributed by atoms with van der Waals surface area (Å²) in [6.45, 7) is 9.81. The van der Waals surface area contributed by atoms with Crippen molar-refractivity contribution >= 4 is 0 Å². The Kier molecular flexibility index (Phi) is 14.6. The molecule has 43 heavy (non-hydrogen) atoms. The number of aromatic nitrogens is 1. The van der Waals surface area contributed by atoms with Crippen LogP contribution in [0.3, 0.4) is 0 Å². The summed E-state index contributed by atoms with van der Waals surface area (Å²) in [7, 11) is 0. The number of likely N-dealkylation sites (N-methyl/N-ethyl adjacent to an activating group) is 1. The van der Waals surface area contributed by atoms with Crippen LogP contribution < -0.4 is 15.4 Å². The van der Waals surface area contributed by atoms with E-state index in [1.165, 1.54) is 0 Å². The van der Waals surface area contributed by atoms with E-state index in [1.807, 2.05) is 31.3 Å². The number of unbranched alkanes of at least 4 members (excludes halogenated alkanes) is 1.